The molecule has 1 rings (SSSR count). The van der Waals surface area contributed by atoms with E-state index >= 15 is 0 Å². The Balaban J connectivity index is 2.92. The number of carboxylic acids is 1. The number of aliphatic carboxylic acids is 1. The monoisotopic (exact) mass is 216 g/mol. The summed E-state index contributed by atoms with van der Waals surface area (Å²) < 4.78 is 51.1. The molecule has 0 amide bonds. The van der Waals surface area contributed by atoms with Crippen molar-refractivity contribution in [1.82, 2.24) is 0 Å². The standard InChI is InChI=1S/C7H8F4O3/c8-2-1(7(13)14)3(9)5(11)6(12)4(2)10/h1-6,12H,(H,13,14). The van der Waals surface area contributed by atoms with E-state index in [2.05, 4.69) is 0 Å². The molecule has 0 heterocycles. The van der Waals surface area contributed by atoms with Gasteiger partial charge in [-0.2, -0.15) is 0 Å². The molecule has 3 nitrogen and oxygen atoms in total. The third-order valence-corrected chi connectivity index (χ3v) is 2.23. The van der Waals surface area contributed by atoms with Crippen LogP contribution >= 0.6 is 0 Å². The zero-order valence-corrected chi connectivity index (χ0v) is 6.78. The maximum absolute atomic E-state index is 12.8. The number of aliphatic hydroxyl groups is 1. The second kappa shape index (κ2) is 3.72. The van der Waals surface area contributed by atoms with Crippen LogP contribution in [0.1, 0.15) is 0 Å². The van der Waals surface area contributed by atoms with Crippen molar-refractivity contribution < 1.29 is 32.6 Å². The van der Waals surface area contributed by atoms with Crippen LogP contribution in [-0.2, 0) is 4.79 Å². The third-order valence-electron chi connectivity index (χ3n) is 2.23. The Morgan fingerprint density at radius 3 is 1.57 bits per heavy atom. The fourth-order valence-corrected chi connectivity index (χ4v) is 1.40. The van der Waals surface area contributed by atoms with Crippen molar-refractivity contribution in [2.24, 2.45) is 5.92 Å². The first-order chi connectivity index (χ1) is 6.37. The van der Waals surface area contributed by atoms with E-state index in [-0.39, 0.29) is 0 Å². The number of rotatable bonds is 1. The van der Waals surface area contributed by atoms with E-state index in [1.807, 2.05) is 0 Å². The molecule has 0 aromatic rings. The first-order valence-electron chi connectivity index (χ1n) is 3.85. The van der Waals surface area contributed by atoms with Gasteiger partial charge in [0.25, 0.3) is 0 Å². The Morgan fingerprint density at radius 2 is 1.29 bits per heavy atom. The summed E-state index contributed by atoms with van der Waals surface area (Å²) in [6.45, 7) is 0. The lowest BCUT2D eigenvalue weighted by molar-refractivity contribution is -0.165. The summed E-state index contributed by atoms with van der Waals surface area (Å²) in [5.41, 5.74) is 0. The first kappa shape index (κ1) is 11.2. The number of alkyl halides is 4. The van der Waals surface area contributed by atoms with Crippen LogP contribution in [0.2, 0.25) is 0 Å². The predicted molar refractivity (Wildman–Crippen MR) is 36.7 cm³/mol. The van der Waals surface area contributed by atoms with E-state index in [1.54, 1.807) is 0 Å². The number of hydrogen-bond donors (Lipinski definition) is 2. The number of halogens is 4. The Hall–Kier alpha value is -0.850. The summed E-state index contributed by atoms with van der Waals surface area (Å²) in [5, 5.41) is 17.0. The first-order valence-corrected chi connectivity index (χ1v) is 3.85. The Morgan fingerprint density at radius 1 is 0.929 bits per heavy atom. The molecule has 4 atom stereocenters. The lowest BCUT2D eigenvalue weighted by atomic mass is 9.81. The van der Waals surface area contributed by atoms with Crippen LogP contribution < -0.4 is 0 Å². The summed E-state index contributed by atoms with van der Waals surface area (Å²) >= 11 is 0. The van der Waals surface area contributed by atoms with Gasteiger partial charge in [0, 0.05) is 0 Å². The van der Waals surface area contributed by atoms with Crippen molar-refractivity contribution in [2.75, 3.05) is 0 Å². The van der Waals surface area contributed by atoms with Gasteiger partial charge in [0.05, 0.1) is 0 Å². The molecule has 2 N–H and O–H groups in total. The van der Waals surface area contributed by atoms with Gasteiger partial charge < -0.3 is 10.2 Å². The molecule has 1 fully saturated rings. The molecule has 14 heavy (non-hydrogen) atoms. The average Bonchev–Trinajstić information content (AvgIpc) is 2.11. The van der Waals surface area contributed by atoms with Crippen molar-refractivity contribution in [2.45, 2.75) is 30.8 Å². The largest absolute Gasteiger partial charge is 0.481 e. The molecule has 4 unspecified atom stereocenters. The maximum atomic E-state index is 12.8. The Kier molecular flexibility index (Phi) is 2.98. The van der Waals surface area contributed by atoms with Crippen LogP contribution in [-0.4, -0.2) is 47.0 Å². The fourth-order valence-electron chi connectivity index (χ4n) is 1.40. The molecule has 7 heteroatoms. The number of carbonyl (C=O) groups is 1. The van der Waals surface area contributed by atoms with Crippen molar-refractivity contribution in [3.8, 4) is 0 Å². The van der Waals surface area contributed by atoms with Crippen LogP contribution in [0.3, 0.4) is 0 Å². The highest BCUT2D eigenvalue weighted by Gasteiger charge is 2.55. The molecular weight excluding hydrogens is 208 g/mol. The summed E-state index contributed by atoms with van der Waals surface area (Å²) in [5.74, 6) is -4.36. The van der Waals surface area contributed by atoms with E-state index in [4.69, 9.17) is 10.2 Å². The minimum Gasteiger partial charge on any atom is -0.481 e. The van der Waals surface area contributed by atoms with Crippen molar-refractivity contribution in [3.63, 3.8) is 0 Å². The van der Waals surface area contributed by atoms with Gasteiger partial charge in [-0.05, 0) is 0 Å². The van der Waals surface area contributed by atoms with E-state index in [9.17, 15) is 22.4 Å². The molecule has 0 bridgehead atoms. The molecule has 0 aliphatic heterocycles. The zero-order valence-electron chi connectivity index (χ0n) is 6.78. The molecular formula is C7H8F4O3. The normalized spacial score (nSPS) is 48.9. The maximum Gasteiger partial charge on any atom is 0.312 e. The highest BCUT2D eigenvalue weighted by molar-refractivity contribution is 5.72. The molecule has 1 saturated carbocycles. The minimum atomic E-state index is -2.73. The smallest absolute Gasteiger partial charge is 0.312 e. The molecule has 0 aromatic heterocycles. The average molecular weight is 216 g/mol. The van der Waals surface area contributed by atoms with Gasteiger partial charge in [-0.25, -0.2) is 17.6 Å². The molecule has 82 valence electrons. The van der Waals surface area contributed by atoms with Gasteiger partial charge in [0.1, 0.15) is 12.0 Å². The van der Waals surface area contributed by atoms with Gasteiger partial charge in [-0.15, -0.1) is 0 Å². The second-order valence-electron chi connectivity index (χ2n) is 3.13. The van der Waals surface area contributed by atoms with E-state index < -0.39 is 42.7 Å². The molecule has 0 aromatic carbocycles. The van der Waals surface area contributed by atoms with E-state index in [0.717, 1.165) is 0 Å². The second-order valence-corrected chi connectivity index (χ2v) is 3.13. The van der Waals surface area contributed by atoms with Gasteiger partial charge in [-0.1, -0.05) is 0 Å². The fraction of sp³-hybridized carbons (Fsp3) is 0.857. The highest BCUT2D eigenvalue weighted by Crippen LogP contribution is 2.34. The lowest BCUT2D eigenvalue weighted by Crippen LogP contribution is -2.57. The van der Waals surface area contributed by atoms with Crippen molar-refractivity contribution in [3.05, 3.63) is 0 Å². The van der Waals surface area contributed by atoms with Crippen LogP contribution in [0.15, 0.2) is 0 Å². The van der Waals surface area contributed by atoms with E-state index in [0.29, 0.717) is 0 Å². The molecule has 0 saturated heterocycles. The van der Waals surface area contributed by atoms with Crippen LogP contribution in [0, 0.1) is 5.92 Å². The van der Waals surface area contributed by atoms with Crippen molar-refractivity contribution >= 4 is 5.97 Å². The predicted octanol–water partition coefficient (Wildman–Crippen LogP) is 0.414. The number of hydrogen-bond acceptors (Lipinski definition) is 2. The van der Waals surface area contributed by atoms with Gasteiger partial charge in [0.15, 0.2) is 24.7 Å². The van der Waals surface area contributed by atoms with Crippen LogP contribution in [0.5, 0.6) is 0 Å². The molecule has 1 aliphatic rings. The topological polar surface area (TPSA) is 57.5 Å². The Labute approximate surface area is 76.3 Å². The number of carboxylic acid groups (broad SMARTS) is 1. The highest BCUT2D eigenvalue weighted by atomic mass is 19.2. The molecule has 1 aliphatic carbocycles. The number of aliphatic hydroxyl groups excluding tert-OH is 1. The van der Waals surface area contributed by atoms with E-state index in [1.165, 1.54) is 0 Å². The SMILES string of the molecule is O=C(O)C1C(F)C(F)C(O)C(F)C1F. The van der Waals surface area contributed by atoms with Gasteiger partial charge >= 0.3 is 5.97 Å². The Bertz CT molecular complexity index is 221. The lowest BCUT2D eigenvalue weighted by Gasteiger charge is -2.34. The van der Waals surface area contributed by atoms with Crippen LogP contribution in [0.25, 0.3) is 0 Å². The molecule has 0 spiro atoms. The zero-order chi connectivity index (χ0) is 11.0. The third kappa shape index (κ3) is 1.56. The molecule has 0 radical (unpaired) electrons. The quantitative estimate of drug-likeness (QED) is 0.624. The van der Waals surface area contributed by atoms with Crippen molar-refractivity contribution in [1.29, 1.82) is 0 Å². The summed E-state index contributed by atoms with van der Waals surface area (Å²) in [6.07, 6.45) is -13.3. The summed E-state index contributed by atoms with van der Waals surface area (Å²) in [6, 6.07) is 0. The minimum absolute atomic E-state index is 1.96. The van der Waals surface area contributed by atoms with Gasteiger partial charge in [0.2, 0.25) is 0 Å². The summed E-state index contributed by atoms with van der Waals surface area (Å²) in [4.78, 5) is 10.3. The van der Waals surface area contributed by atoms with Crippen LogP contribution in [0.4, 0.5) is 17.6 Å². The van der Waals surface area contributed by atoms with Gasteiger partial charge in [-0.3, -0.25) is 4.79 Å². The summed E-state index contributed by atoms with van der Waals surface area (Å²) in [7, 11) is 0.